The summed E-state index contributed by atoms with van der Waals surface area (Å²) in [6.45, 7) is 6.99. The van der Waals surface area contributed by atoms with Crippen LogP contribution in [0.2, 0.25) is 0 Å². The zero-order chi connectivity index (χ0) is 19.1. The lowest BCUT2D eigenvalue weighted by molar-refractivity contribution is 0.175. The van der Waals surface area contributed by atoms with Gasteiger partial charge in [0.15, 0.2) is 0 Å². The summed E-state index contributed by atoms with van der Waals surface area (Å²) < 4.78 is 2.04. The molecule has 0 radical (unpaired) electrons. The quantitative estimate of drug-likeness (QED) is 0.510. The Labute approximate surface area is 161 Å². The standard InChI is InChI=1S/C22H28N4O/c1-17-22(18(2)26(25-17)16-19-9-5-3-6-10-19)24-14-13-23-15-21(27)20-11-7-4-8-12-20/h3-12,21,23-24,27H,13-16H2,1-2H3. The molecule has 0 aliphatic carbocycles. The summed E-state index contributed by atoms with van der Waals surface area (Å²) in [6.07, 6.45) is -0.483. The maximum atomic E-state index is 10.2. The van der Waals surface area contributed by atoms with Crippen molar-refractivity contribution in [2.75, 3.05) is 25.0 Å². The molecular weight excluding hydrogens is 336 g/mol. The van der Waals surface area contributed by atoms with Gasteiger partial charge >= 0.3 is 0 Å². The Balaban J connectivity index is 1.47. The molecule has 3 rings (SSSR count). The van der Waals surface area contributed by atoms with Gasteiger partial charge in [0.2, 0.25) is 0 Å². The fourth-order valence-electron chi connectivity index (χ4n) is 3.17. The summed E-state index contributed by atoms with van der Waals surface area (Å²) in [5.74, 6) is 0. The van der Waals surface area contributed by atoms with Gasteiger partial charge in [-0.3, -0.25) is 4.68 Å². The third kappa shape index (κ3) is 5.18. The van der Waals surface area contributed by atoms with Gasteiger partial charge in [-0.05, 0) is 25.0 Å². The van der Waals surface area contributed by atoms with E-state index in [9.17, 15) is 5.11 Å². The van der Waals surface area contributed by atoms with E-state index in [1.807, 2.05) is 48.0 Å². The average Bonchev–Trinajstić information content (AvgIpc) is 2.96. The maximum Gasteiger partial charge on any atom is 0.0914 e. The number of nitrogens with zero attached hydrogens (tertiary/aromatic N) is 2. The Kier molecular flexibility index (Phi) is 6.63. The predicted octanol–water partition coefficient (Wildman–Crippen LogP) is 3.28. The molecule has 1 atom stereocenters. The highest BCUT2D eigenvalue weighted by atomic mass is 16.3. The Morgan fingerprint density at radius 3 is 2.33 bits per heavy atom. The van der Waals surface area contributed by atoms with E-state index in [-0.39, 0.29) is 0 Å². The Bertz CT molecular complexity index is 830. The highest BCUT2D eigenvalue weighted by molar-refractivity contribution is 5.52. The summed E-state index contributed by atoms with van der Waals surface area (Å²) in [5, 5.41) is 21.6. The lowest BCUT2D eigenvalue weighted by atomic mass is 10.1. The summed E-state index contributed by atoms with van der Waals surface area (Å²) in [7, 11) is 0. The molecule has 5 nitrogen and oxygen atoms in total. The van der Waals surface area contributed by atoms with Crippen LogP contribution in [0.4, 0.5) is 5.69 Å². The fraction of sp³-hybridized carbons (Fsp3) is 0.318. The van der Waals surface area contributed by atoms with Crippen molar-refractivity contribution >= 4 is 5.69 Å². The number of aliphatic hydroxyl groups is 1. The largest absolute Gasteiger partial charge is 0.387 e. The van der Waals surface area contributed by atoms with Crippen molar-refractivity contribution in [3.05, 3.63) is 83.2 Å². The summed E-state index contributed by atoms with van der Waals surface area (Å²) in [5.41, 5.74) is 5.42. The summed E-state index contributed by atoms with van der Waals surface area (Å²) in [4.78, 5) is 0. The minimum atomic E-state index is -0.483. The zero-order valence-electron chi connectivity index (χ0n) is 16.0. The first-order chi connectivity index (χ1) is 13.1. The number of hydrogen-bond donors (Lipinski definition) is 3. The van der Waals surface area contributed by atoms with Gasteiger partial charge in [-0.2, -0.15) is 5.10 Å². The number of nitrogens with one attached hydrogen (secondary N) is 2. The first-order valence-corrected chi connectivity index (χ1v) is 9.40. The molecule has 1 unspecified atom stereocenters. The average molecular weight is 364 g/mol. The molecule has 1 heterocycles. The lowest BCUT2D eigenvalue weighted by Gasteiger charge is -2.13. The molecule has 142 valence electrons. The second kappa shape index (κ2) is 9.35. The van der Waals surface area contributed by atoms with Crippen LogP contribution in [0.25, 0.3) is 0 Å². The second-order valence-electron chi connectivity index (χ2n) is 6.75. The predicted molar refractivity (Wildman–Crippen MR) is 110 cm³/mol. The van der Waals surface area contributed by atoms with Gasteiger partial charge in [-0.25, -0.2) is 0 Å². The SMILES string of the molecule is Cc1nn(Cc2ccccc2)c(C)c1NCCNCC(O)c1ccccc1. The van der Waals surface area contributed by atoms with Crippen molar-refractivity contribution in [2.24, 2.45) is 0 Å². The molecule has 0 fully saturated rings. The van der Waals surface area contributed by atoms with E-state index in [0.717, 1.165) is 42.3 Å². The first kappa shape index (κ1) is 19.1. The number of hydrogen-bond acceptors (Lipinski definition) is 4. The van der Waals surface area contributed by atoms with Gasteiger partial charge < -0.3 is 15.7 Å². The molecule has 5 heteroatoms. The molecule has 27 heavy (non-hydrogen) atoms. The molecule has 0 amide bonds. The molecular formula is C22H28N4O. The number of benzene rings is 2. The highest BCUT2D eigenvalue weighted by Gasteiger charge is 2.11. The third-order valence-corrected chi connectivity index (χ3v) is 4.68. The molecule has 0 spiro atoms. The monoisotopic (exact) mass is 364 g/mol. The van der Waals surface area contributed by atoms with Crippen LogP contribution in [-0.4, -0.2) is 34.5 Å². The minimum Gasteiger partial charge on any atom is -0.387 e. The fourth-order valence-corrected chi connectivity index (χ4v) is 3.17. The first-order valence-electron chi connectivity index (χ1n) is 9.40. The van der Waals surface area contributed by atoms with Crippen LogP contribution < -0.4 is 10.6 Å². The molecule has 3 aromatic rings. The number of aliphatic hydroxyl groups excluding tert-OH is 1. The van der Waals surface area contributed by atoms with Gasteiger partial charge in [0.05, 0.1) is 29.7 Å². The van der Waals surface area contributed by atoms with Crippen LogP contribution in [0.1, 0.15) is 28.6 Å². The van der Waals surface area contributed by atoms with Crippen LogP contribution in [0.5, 0.6) is 0 Å². The van der Waals surface area contributed by atoms with Crippen LogP contribution in [0.15, 0.2) is 60.7 Å². The smallest absolute Gasteiger partial charge is 0.0914 e. The summed E-state index contributed by atoms with van der Waals surface area (Å²) in [6, 6.07) is 20.1. The number of rotatable bonds is 9. The normalized spacial score (nSPS) is 12.1. The molecule has 0 aliphatic rings. The Hall–Kier alpha value is -2.63. The molecule has 0 aliphatic heterocycles. The van der Waals surface area contributed by atoms with E-state index in [0.29, 0.717) is 6.54 Å². The van der Waals surface area contributed by atoms with Crippen molar-refractivity contribution in [1.29, 1.82) is 0 Å². The molecule has 0 saturated heterocycles. The van der Waals surface area contributed by atoms with Gasteiger partial charge in [-0.15, -0.1) is 0 Å². The lowest BCUT2D eigenvalue weighted by Crippen LogP contribution is -2.27. The van der Waals surface area contributed by atoms with Crippen molar-refractivity contribution in [1.82, 2.24) is 15.1 Å². The van der Waals surface area contributed by atoms with Crippen LogP contribution in [0.3, 0.4) is 0 Å². The number of aromatic nitrogens is 2. The van der Waals surface area contributed by atoms with E-state index >= 15 is 0 Å². The molecule has 1 aromatic heterocycles. The molecule has 2 aromatic carbocycles. The van der Waals surface area contributed by atoms with Crippen LogP contribution in [-0.2, 0) is 6.54 Å². The Morgan fingerprint density at radius 2 is 1.63 bits per heavy atom. The molecule has 3 N–H and O–H groups in total. The van der Waals surface area contributed by atoms with Crippen molar-refractivity contribution in [2.45, 2.75) is 26.5 Å². The second-order valence-corrected chi connectivity index (χ2v) is 6.75. The van der Waals surface area contributed by atoms with Gasteiger partial charge in [0.25, 0.3) is 0 Å². The summed E-state index contributed by atoms with van der Waals surface area (Å²) >= 11 is 0. The van der Waals surface area contributed by atoms with Gasteiger partial charge in [0, 0.05) is 19.6 Å². The zero-order valence-corrected chi connectivity index (χ0v) is 16.0. The van der Waals surface area contributed by atoms with Crippen LogP contribution in [0, 0.1) is 13.8 Å². The number of anilines is 1. The van der Waals surface area contributed by atoms with Crippen molar-refractivity contribution in [3.8, 4) is 0 Å². The van der Waals surface area contributed by atoms with E-state index in [1.165, 1.54) is 5.56 Å². The van der Waals surface area contributed by atoms with E-state index in [4.69, 9.17) is 0 Å². The van der Waals surface area contributed by atoms with E-state index in [2.05, 4.69) is 46.9 Å². The molecule has 0 saturated carbocycles. The number of aryl methyl sites for hydroxylation is 1. The maximum absolute atomic E-state index is 10.2. The van der Waals surface area contributed by atoms with E-state index in [1.54, 1.807) is 0 Å². The Morgan fingerprint density at radius 1 is 0.963 bits per heavy atom. The topological polar surface area (TPSA) is 62.1 Å². The minimum absolute atomic E-state index is 0.483. The molecule has 0 bridgehead atoms. The van der Waals surface area contributed by atoms with Crippen LogP contribution >= 0.6 is 0 Å². The van der Waals surface area contributed by atoms with Crippen molar-refractivity contribution in [3.63, 3.8) is 0 Å². The highest BCUT2D eigenvalue weighted by Crippen LogP contribution is 2.20. The van der Waals surface area contributed by atoms with Crippen molar-refractivity contribution < 1.29 is 5.11 Å². The van der Waals surface area contributed by atoms with Gasteiger partial charge in [-0.1, -0.05) is 60.7 Å². The third-order valence-electron chi connectivity index (χ3n) is 4.68. The van der Waals surface area contributed by atoms with Gasteiger partial charge in [0.1, 0.15) is 0 Å². The van der Waals surface area contributed by atoms with E-state index < -0.39 is 6.10 Å².